The number of alkyl carbamates (subject to hydrolysis) is 1. The van der Waals surface area contributed by atoms with Crippen LogP contribution < -0.4 is 15.4 Å². The molecule has 0 aromatic heterocycles. The fourth-order valence-electron chi connectivity index (χ4n) is 6.11. The van der Waals surface area contributed by atoms with Crippen molar-refractivity contribution < 1.29 is 32.3 Å². The third-order valence-corrected chi connectivity index (χ3v) is 10.8. The van der Waals surface area contributed by atoms with E-state index in [1.54, 1.807) is 20.8 Å². The van der Waals surface area contributed by atoms with E-state index in [0.29, 0.717) is 64.3 Å². The smallest absolute Gasteiger partial charge is 0.408 e. The minimum absolute atomic E-state index is 0.293. The molecule has 2 aliphatic carbocycles. The zero-order chi connectivity index (χ0) is 30.1. The average molecular weight is 595 g/mol. The molecule has 0 radical (unpaired) electrons. The van der Waals surface area contributed by atoms with Crippen molar-refractivity contribution in [2.24, 2.45) is 5.92 Å². The predicted molar refractivity (Wildman–Crippen MR) is 153 cm³/mol. The van der Waals surface area contributed by atoms with Gasteiger partial charge in [-0.05, 0) is 78.6 Å². The van der Waals surface area contributed by atoms with E-state index in [1.807, 2.05) is 19.1 Å². The second kappa shape index (κ2) is 11.9. The summed E-state index contributed by atoms with van der Waals surface area (Å²) in [5.41, 5.74) is -2.11. The number of nitrogens with zero attached hydrogens (tertiary/aromatic N) is 1. The molecule has 4 amide bonds. The molecule has 2 saturated carbocycles. The van der Waals surface area contributed by atoms with Crippen molar-refractivity contribution in [1.82, 2.24) is 20.3 Å². The van der Waals surface area contributed by atoms with Crippen LogP contribution in [0.25, 0.3) is 0 Å². The minimum atomic E-state index is -3.90. The van der Waals surface area contributed by atoms with E-state index in [1.165, 1.54) is 4.90 Å². The van der Waals surface area contributed by atoms with Crippen LogP contribution >= 0.6 is 0 Å². The molecule has 12 heteroatoms. The number of ether oxygens (including phenoxy) is 1. The predicted octanol–water partition coefficient (Wildman–Crippen LogP) is 3.04. The van der Waals surface area contributed by atoms with E-state index in [0.717, 1.165) is 19.3 Å². The van der Waals surface area contributed by atoms with Gasteiger partial charge >= 0.3 is 6.09 Å². The summed E-state index contributed by atoms with van der Waals surface area (Å²) >= 11 is 0. The second-order valence-corrected chi connectivity index (χ2v) is 15.2. The molecular weight excluding hydrogens is 548 g/mol. The molecule has 11 nitrogen and oxygen atoms in total. The van der Waals surface area contributed by atoms with Crippen LogP contribution in [-0.2, 0) is 29.1 Å². The summed E-state index contributed by atoms with van der Waals surface area (Å²) in [6.07, 6.45) is 10.2. The summed E-state index contributed by atoms with van der Waals surface area (Å²) in [6, 6.07) is -1.67. The molecule has 0 aromatic carbocycles. The molecule has 4 rings (SSSR count). The standard InChI is InChI=1S/C29H46N4O7S/c1-5-15-28(16-17-28)41(38,39)32-25(36)29-19-20(29)12-9-7-6-8-10-13-21(30-26(37)40-27(2,3)4)24(35)33-18-11-14-22(33)23(34)31-29/h9,12,20-22H,5-8,10-11,13-19H2,1-4H3,(H,30,37)(H,31,34)(H,32,36)/t20-,21+,22+,29-/m1/s1. The number of fused-ring (bicyclic) bond motifs is 2. The maximum atomic E-state index is 13.7. The van der Waals surface area contributed by atoms with E-state index in [4.69, 9.17) is 4.74 Å². The van der Waals surface area contributed by atoms with Crippen molar-refractivity contribution in [1.29, 1.82) is 0 Å². The van der Waals surface area contributed by atoms with Crippen LogP contribution in [0.15, 0.2) is 12.2 Å². The number of sulfonamides is 1. The molecule has 4 atom stereocenters. The van der Waals surface area contributed by atoms with Gasteiger partial charge in [0.1, 0.15) is 23.2 Å². The van der Waals surface area contributed by atoms with Gasteiger partial charge in [-0.25, -0.2) is 13.2 Å². The highest BCUT2D eigenvalue weighted by atomic mass is 32.2. The van der Waals surface area contributed by atoms with E-state index in [-0.39, 0.29) is 11.8 Å². The van der Waals surface area contributed by atoms with Crippen LogP contribution in [0.1, 0.15) is 105 Å². The molecular formula is C29H46N4O7S. The van der Waals surface area contributed by atoms with Gasteiger partial charge in [-0.3, -0.25) is 19.1 Å². The Morgan fingerprint density at radius 2 is 1.85 bits per heavy atom. The summed E-state index contributed by atoms with van der Waals surface area (Å²) in [5, 5.41) is 5.58. The Bertz CT molecular complexity index is 1170. The molecule has 0 unspecified atom stereocenters. The van der Waals surface area contributed by atoms with Crippen LogP contribution in [0.2, 0.25) is 0 Å². The van der Waals surface area contributed by atoms with Crippen LogP contribution in [0.5, 0.6) is 0 Å². The zero-order valence-corrected chi connectivity index (χ0v) is 25.6. The first-order valence-corrected chi connectivity index (χ1v) is 16.6. The van der Waals surface area contributed by atoms with Crippen LogP contribution in [0.3, 0.4) is 0 Å². The maximum Gasteiger partial charge on any atom is 0.408 e. The Labute approximate surface area is 243 Å². The SMILES string of the molecule is CCCC1(S(=O)(=O)NC(=O)[C@@]23C[C@H]2C=CCCCCC[C@H](NC(=O)OC(C)(C)C)C(=O)N2CCC[C@H]2C(=O)N3)CC1. The van der Waals surface area contributed by atoms with Crippen molar-refractivity contribution in [3.8, 4) is 0 Å². The van der Waals surface area contributed by atoms with Crippen molar-refractivity contribution in [3.63, 3.8) is 0 Å². The Kier molecular flexibility index (Phi) is 9.11. The molecule has 4 aliphatic rings. The van der Waals surface area contributed by atoms with Crippen LogP contribution in [0.4, 0.5) is 4.79 Å². The third kappa shape index (κ3) is 7.06. The highest BCUT2D eigenvalue weighted by Gasteiger charge is 2.63. The van der Waals surface area contributed by atoms with Crippen molar-refractivity contribution in [2.45, 2.75) is 133 Å². The lowest BCUT2D eigenvalue weighted by atomic mass is 10.0. The fourth-order valence-corrected chi connectivity index (χ4v) is 7.87. The fraction of sp³-hybridized carbons (Fsp3) is 0.793. The summed E-state index contributed by atoms with van der Waals surface area (Å²) in [5.74, 6) is -1.89. The molecule has 3 fully saturated rings. The second-order valence-electron chi connectivity index (χ2n) is 13.1. The van der Waals surface area contributed by atoms with E-state index >= 15 is 0 Å². The molecule has 0 spiro atoms. The lowest BCUT2D eigenvalue weighted by Gasteiger charge is -2.30. The third-order valence-electron chi connectivity index (χ3n) is 8.64. The van der Waals surface area contributed by atoms with Gasteiger partial charge in [0.2, 0.25) is 21.8 Å². The lowest BCUT2D eigenvalue weighted by molar-refractivity contribution is -0.141. The number of hydrogen-bond donors (Lipinski definition) is 3. The van der Waals surface area contributed by atoms with Crippen molar-refractivity contribution >= 4 is 33.8 Å². The first kappa shape index (κ1) is 31.3. The van der Waals surface area contributed by atoms with Crippen molar-refractivity contribution in [3.05, 3.63) is 12.2 Å². The topological polar surface area (TPSA) is 151 Å². The van der Waals surface area contributed by atoms with Crippen molar-refractivity contribution in [2.75, 3.05) is 6.54 Å². The van der Waals surface area contributed by atoms with Gasteiger partial charge in [0, 0.05) is 12.5 Å². The van der Waals surface area contributed by atoms with Gasteiger partial charge in [0.05, 0.1) is 4.75 Å². The summed E-state index contributed by atoms with van der Waals surface area (Å²) < 4.78 is 33.1. The quantitative estimate of drug-likeness (QED) is 0.400. The highest BCUT2D eigenvalue weighted by molar-refractivity contribution is 7.91. The summed E-state index contributed by atoms with van der Waals surface area (Å²) in [4.78, 5) is 54.9. The summed E-state index contributed by atoms with van der Waals surface area (Å²) in [7, 11) is -3.90. The number of amides is 4. The lowest BCUT2D eigenvalue weighted by Crippen LogP contribution is -2.58. The summed E-state index contributed by atoms with van der Waals surface area (Å²) in [6.45, 7) is 7.50. The largest absolute Gasteiger partial charge is 0.444 e. The molecule has 0 bridgehead atoms. The number of hydrogen-bond acceptors (Lipinski definition) is 7. The van der Waals surface area contributed by atoms with Gasteiger partial charge < -0.3 is 20.3 Å². The number of rotatable bonds is 6. The molecule has 41 heavy (non-hydrogen) atoms. The van der Waals surface area contributed by atoms with Gasteiger partial charge in [-0.15, -0.1) is 0 Å². The number of allylic oxidation sites excluding steroid dienone is 1. The van der Waals surface area contributed by atoms with E-state index < -0.39 is 55.9 Å². The maximum absolute atomic E-state index is 13.7. The van der Waals surface area contributed by atoms with Gasteiger partial charge in [-0.2, -0.15) is 0 Å². The first-order valence-electron chi connectivity index (χ1n) is 15.1. The number of nitrogens with one attached hydrogen (secondary N) is 3. The zero-order valence-electron chi connectivity index (χ0n) is 24.8. The molecule has 230 valence electrons. The Morgan fingerprint density at radius 3 is 2.51 bits per heavy atom. The Morgan fingerprint density at radius 1 is 1.12 bits per heavy atom. The van der Waals surface area contributed by atoms with Crippen LogP contribution in [-0.4, -0.2) is 71.6 Å². The van der Waals surface area contributed by atoms with Gasteiger partial charge in [0.25, 0.3) is 5.91 Å². The molecule has 2 aliphatic heterocycles. The molecule has 2 heterocycles. The van der Waals surface area contributed by atoms with Gasteiger partial charge in [0.15, 0.2) is 0 Å². The molecule has 1 saturated heterocycles. The normalized spacial score (nSPS) is 30.1. The first-order chi connectivity index (χ1) is 19.2. The van der Waals surface area contributed by atoms with Gasteiger partial charge in [-0.1, -0.05) is 38.3 Å². The highest BCUT2D eigenvalue weighted by Crippen LogP contribution is 2.49. The van der Waals surface area contributed by atoms with Crippen LogP contribution in [0, 0.1) is 5.92 Å². The monoisotopic (exact) mass is 594 g/mol. The Hall–Kier alpha value is -2.63. The minimum Gasteiger partial charge on any atom is -0.444 e. The Balaban J connectivity index is 1.54. The molecule has 0 aromatic rings. The molecule has 3 N–H and O–H groups in total. The van der Waals surface area contributed by atoms with E-state index in [9.17, 15) is 27.6 Å². The number of carbonyl (C=O) groups is 4. The number of carbonyl (C=O) groups excluding carboxylic acids is 4. The van der Waals surface area contributed by atoms with E-state index in [2.05, 4.69) is 15.4 Å². The average Bonchev–Trinajstić information content (AvgIpc) is 3.75.